The molecule has 0 saturated carbocycles. The van der Waals surface area contributed by atoms with E-state index in [0.29, 0.717) is 35.6 Å². The van der Waals surface area contributed by atoms with Gasteiger partial charge < -0.3 is 4.74 Å². The number of terminal acetylenes is 1. The van der Waals surface area contributed by atoms with Crippen LogP contribution in [0.25, 0.3) is 0 Å². The summed E-state index contributed by atoms with van der Waals surface area (Å²) in [5.41, 5.74) is 3.38. The highest BCUT2D eigenvalue weighted by molar-refractivity contribution is 7.93. The zero-order valence-corrected chi connectivity index (χ0v) is 24.0. The molecular formula is C32H37N3O3S. The molecule has 7 heteroatoms. The van der Waals surface area contributed by atoms with Gasteiger partial charge in [-0.3, -0.25) is 4.68 Å². The molecule has 6 nitrogen and oxygen atoms in total. The minimum absolute atomic E-state index is 0.0291. The lowest BCUT2D eigenvalue weighted by molar-refractivity contribution is 0.191. The van der Waals surface area contributed by atoms with Gasteiger partial charge in [0, 0.05) is 11.0 Å². The molecular weight excluding hydrogens is 506 g/mol. The minimum Gasteiger partial charge on any atom is -0.492 e. The van der Waals surface area contributed by atoms with Gasteiger partial charge in [0.1, 0.15) is 12.7 Å². The lowest BCUT2D eigenvalue weighted by Gasteiger charge is -2.13. The maximum absolute atomic E-state index is 12.3. The third-order valence-electron chi connectivity index (χ3n) is 5.84. The third-order valence-corrected chi connectivity index (χ3v) is 7.18. The van der Waals surface area contributed by atoms with Crippen LogP contribution in [0.2, 0.25) is 0 Å². The summed E-state index contributed by atoms with van der Waals surface area (Å²) >= 11 is 0. The summed E-state index contributed by atoms with van der Waals surface area (Å²) in [6.45, 7) is 7.84. The Bertz CT molecular complexity index is 1430. The van der Waals surface area contributed by atoms with E-state index in [1.165, 1.54) is 5.41 Å². The van der Waals surface area contributed by atoms with Gasteiger partial charge in [0.15, 0.2) is 9.84 Å². The van der Waals surface area contributed by atoms with Gasteiger partial charge in [-0.2, -0.15) is 10.4 Å². The molecule has 1 heterocycles. The number of nitriles is 1. The van der Waals surface area contributed by atoms with Crippen molar-refractivity contribution < 1.29 is 13.2 Å². The SMILES string of the molecule is C#C/C(=C\C=C(/C)OCc1c(C#N)c(C)nn1C(C)/C=C\C/C=C\C)CC/C=C/S(=O)(=O)Cc1ccccc1. The fourth-order valence-electron chi connectivity index (χ4n) is 3.75. The number of hydrogen-bond donors (Lipinski definition) is 0. The minimum atomic E-state index is -3.34. The maximum Gasteiger partial charge on any atom is 0.175 e. The van der Waals surface area contributed by atoms with Gasteiger partial charge in [-0.15, -0.1) is 6.42 Å². The van der Waals surface area contributed by atoms with Gasteiger partial charge >= 0.3 is 0 Å². The second-order valence-electron chi connectivity index (χ2n) is 9.04. The fourth-order valence-corrected chi connectivity index (χ4v) is 4.93. The number of hydrogen-bond acceptors (Lipinski definition) is 5. The Morgan fingerprint density at radius 1 is 1.21 bits per heavy atom. The molecule has 0 saturated heterocycles. The average Bonchev–Trinajstić information content (AvgIpc) is 3.24. The molecule has 0 fully saturated rings. The van der Waals surface area contributed by atoms with Crippen molar-refractivity contribution in [1.29, 1.82) is 5.26 Å². The Labute approximate surface area is 233 Å². The second-order valence-corrected chi connectivity index (χ2v) is 10.9. The van der Waals surface area contributed by atoms with Gasteiger partial charge in [0.2, 0.25) is 0 Å². The molecule has 0 aliphatic rings. The second kappa shape index (κ2) is 16.0. The summed E-state index contributed by atoms with van der Waals surface area (Å²) in [5, 5.41) is 15.5. The molecule has 0 radical (unpaired) electrons. The van der Waals surface area contributed by atoms with Crippen molar-refractivity contribution in [1.82, 2.24) is 9.78 Å². The Kier molecular flexibility index (Phi) is 12.8. The predicted molar refractivity (Wildman–Crippen MR) is 158 cm³/mol. The average molecular weight is 544 g/mol. The third kappa shape index (κ3) is 10.7. The first-order valence-corrected chi connectivity index (χ1v) is 14.6. The summed E-state index contributed by atoms with van der Waals surface area (Å²) in [7, 11) is -3.34. The molecule has 1 atom stereocenters. The van der Waals surface area contributed by atoms with Gasteiger partial charge in [0.05, 0.1) is 34.5 Å². The Morgan fingerprint density at radius 2 is 1.95 bits per heavy atom. The molecule has 1 aromatic heterocycles. The van der Waals surface area contributed by atoms with Crippen molar-refractivity contribution in [2.24, 2.45) is 0 Å². The highest BCUT2D eigenvalue weighted by Crippen LogP contribution is 2.21. The van der Waals surface area contributed by atoms with Crippen molar-refractivity contribution in [3.05, 3.63) is 112 Å². The number of nitrogens with zero attached hydrogens (tertiary/aromatic N) is 3. The molecule has 1 aromatic carbocycles. The zero-order valence-electron chi connectivity index (χ0n) is 23.2. The van der Waals surface area contributed by atoms with Crippen LogP contribution in [-0.2, 0) is 26.9 Å². The van der Waals surface area contributed by atoms with Crippen molar-refractivity contribution >= 4 is 9.84 Å². The van der Waals surface area contributed by atoms with E-state index in [2.05, 4.69) is 35.3 Å². The highest BCUT2D eigenvalue weighted by Gasteiger charge is 2.18. The van der Waals surface area contributed by atoms with E-state index < -0.39 is 9.84 Å². The lowest BCUT2D eigenvalue weighted by Crippen LogP contribution is -2.10. The Hall–Kier alpha value is -4.07. The highest BCUT2D eigenvalue weighted by atomic mass is 32.2. The van der Waals surface area contributed by atoms with E-state index in [4.69, 9.17) is 11.2 Å². The monoisotopic (exact) mass is 543 g/mol. The standard InChI is InChI=1S/C32H37N3O3S/c1-6-8-9-11-16-26(3)35-32(31(23-33)28(5)34-35)24-38-27(4)20-21-29(7-2)17-14-15-22-39(36,37)25-30-18-12-10-13-19-30/h2,6,8,10-13,15-16,18-22,26H,9,14,17,24-25H2,1,3-5H3/b8-6-,16-11-,22-15+,27-20+,29-21+. The number of benzene rings is 1. The summed E-state index contributed by atoms with van der Waals surface area (Å²) in [4.78, 5) is 0. The molecule has 0 aliphatic carbocycles. The predicted octanol–water partition coefficient (Wildman–Crippen LogP) is 7.04. The summed E-state index contributed by atoms with van der Waals surface area (Å²) < 4.78 is 32.4. The normalized spacial score (nSPS) is 13.7. The lowest BCUT2D eigenvalue weighted by atomic mass is 10.1. The summed E-state index contributed by atoms with van der Waals surface area (Å²) in [6.07, 6.45) is 20.9. The van der Waals surface area contributed by atoms with Crippen LogP contribution in [0.3, 0.4) is 0 Å². The van der Waals surface area contributed by atoms with E-state index in [9.17, 15) is 13.7 Å². The molecule has 1 unspecified atom stereocenters. The van der Waals surface area contributed by atoms with Crippen molar-refractivity contribution in [2.45, 2.75) is 65.4 Å². The number of allylic oxidation sites excluding steroid dienone is 9. The smallest absolute Gasteiger partial charge is 0.175 e. The number of sulfone groups is 1. The van der Waals surface area contributed by atoms with Crippen LogP contribution in [0.15, 0.2) is 89.6 Å². The van der Waals surface area contributed by atoms with Gasteiger partial charge in [-0.05, 0) is 64.7 Å². The topological polar surface area (TPSA) is 85.0 Å². The van der Waals surface area contributed by atoms with Gasteiger partial charge in [-0.25, -0.2) is 8.42 Å². The molecule has 0 bridgehead atoms. The molecule has 0 aliphatic heterocycles. The van der Waals surface area contributed by atoms with Crippen molar-refractivity contribution in [3.8, 4) is 18.4 Å². The quantitative estimate of drug-likeness (QED) is 0.110. The van der Waals surface area contributed by atoms with E-state index in [-0.39, 0.29) is 18.4 Å². The zero-order chi connectivity index (χ0) is 28.7. The molecule has 39 heavy (non-hydrogen) atoms. The van der Waals surface area contributed by atoms with E-state index in [1.54, 1.807) is 30.4 Å². The number of aromatic nitrogens is 2. The van der Waals surface area contributed by atoms with Crippen molar-refractivity contribution in [2.75, 3.05) is 0 Å². The van der Waals surface area contributed by atoms with Crippen LogP contribution in [0.4, 0.5) is 0 Å². The fraction of sp³-hybridized carbons (Fsp3) is 0.312. The summed E-state index contributed by atoms with van der Waals surface area (Å²) in [6, 6.07) is 11.3. The molecule has 0 spiro atoms. The molecule has 0 amide bonds. The largest absolute Gasteiger partial charge is 0.492 e. The Morgan fingerprint density at radius 3 is 2.62 bits per heavy atom. The van der Waals surface area contributed by atoms with Gasteiger partial charge in [0.25, 0.3) is 0 Å². The first-order valence-electron chi connectivity index (χ1n) is 12.9. The number of rotatable bonds is 14. The van der Waals surface area contributed by atoms with Gasteiger partial charge in [-0.1, -0.05) is 66.6 Å². The van der Waals surface area contributed by atoms with Crippen molar-refractivity contribution in [3.63, 3.8) is 0 Å². The van der Waals surface area contributed by atoms with E-state index in [0.717, 1.165) is 17.6 Å². The van der Waals surface area contributed by atoms with E-state index >= 15 is 0 Å². The van der Waals surface area contributed by atoms with Crippen LogP contribution >= 0.6 is 0 Å². The molecule has 0 N–H and O–H groups in total. The molecule has 204 valence electrons. The van der Waals surface area contributed by atoms with E-state index in [1.807, 2.05) is 56.7 Å². The number of aryl methyl sites for hydroxylation is 1. The first-order chi connectivity index (χ1) is 18.7. The molecule has 2 rings (SSSR count). The van der Waals surface area contributed by atoms with Crippen LogP contribution in [0.5, 0.6) is 0 Å². The summed E-state index contributed by atoms with van der Waals surface area (Å²) in [5.74, 6) is 3.26. The van der Waals surface area contributed by atoms with Crippen LogP contribution < -0.4 is 0 Å². The van der Waals surface area contributed by atoms with Crippen LogP contribution in [0, 0.1) is 30.6 Å². The van der Waals surface area contributed by atoms with Crippen LogP contribution in [0.1, 0.15) is 68.6 Å². The number of ether oxygens (including phenoxy) is 1. The molecule has 2 aromatic rings. The Balaban J connectivity index is 2.00. The first kappa shape index (κ1) is 31.1. The van der Waals surface area contributed by atoms with Crippen LogP contribution in [-0.4, -0.2) is 18.2 Å². The maximum atomic E-state index is 12.3.